The minimum absolute atomic E-state index is 0.0326. The second kappa shape index (κ2) is 8.06. The number of nitrogens with two attached hydrogens (primary N) is 1. The number of amides is 1. The summed E-state index contributed by atoms with van der Waals surface area (Å²) < 4.78 is 52.8. The Morgan fingerprint density at radius 1 is 1.35 bits per heavy atom. The summed E-state index contributed by atoms with van der Waals surface area (Å²) in [5.74, 6) is -3.65. The normalized spacial score (nSPS) is 22.5. The SMILES string of the molecule is CN1C(=O)CC(C)(c2cccc(-c3cc(Cl)ncc3F)c2)N(OC(=O)C(F)(F)F)C1N. The molecule has 1 aromatic heterocycles. The van der Waals surface area contributed by atoms with Crippen LogP contribution in [0.5, 0.6) is 0 Å². The summed E-state index contributed by atoms with van der Waals surface area (Å²) in [5.41, 5.74) is 5.02. The van der Waals surface area contributed by atoms with Crippen molar-refractivity contribution >= 4 is 23.5 Å². The fourth-order valence-corrected chi connectivity index (χ4v) is 3.43. The van der Waals surface area contributed by atoms with Crippen LogP contribution in [0.4, 0.5) is 17.6 Å². The number of hydrogen-bond donors (Lipinski definition) is 1. The van der Waals surface area contributed by atoms with Gasteiger partial charge in [-0.2, -0.15) is 13.2 Å². The molecule has 0 saturated carbocycles. The van der Waals surface area contributed by atoms with Crippen molar-refractivity contribution in [1.29, 1.82) is 0 Å². The van der Waals surface area contributed by atoms with Crippen LogP contribution in [-0.2, 0) is 20.0 Å². The van der Waals surface area contributed by atoms with E-state index in [2.05, 4.69) is 9.82 Å². The molecule has 2 atom stereocenters. The number of alkyl halides is 3. The predicted octanol–water partition coefficient (Wildman–Crippen LogP) is 3.18. The average molecular weight is 461 g/mol. The highest BCUT2D eigenvalue weighted by Gasteiger charge is 2.52. The monoisotopic (exact) mass is 460 g/mol. The van der Waals surface area contributed by atoms with Crippen LogP contribution in [0.25, 0.3) is 11.1 Å². The van der Waals surface area contributed by atoms with Crippen molar-refractivity contribution in [3.8, 4) is 11.1 Å². The highest BCUT2D eigenvalue weighted by molar-refractivity contribution is 6.29. The van der Waals surface area contributed by atoms with Gasteiger partial charge < -0.3 is 9.74 Å². The smallest absolute Gasteiger partial charge is 0.356 e. The zero-order valence-corrected chi connectivity index (χ0v) is 17.0. The predicted molar refractivity (Wildman–Crippen MR) is 101 cm³/mol. The second-order valence-corrected chi connectivity index (χ2v) is 7.53. The standard InChI is InChI=1S/C19H17ClF4N4O3/c1-18(8-15(29)27(2)17(25)28(18)31-16(30)19(22,23)24)11-5-3-4-10(6-11)12-7-14(20)26-9-13(12)21/h3-7,9,17H,8,25H2,1-2H3. The first-order valence-electron chi connectivity index (χ1n) is 8.86. The first-order valence-corrected chi connectivity index (χ1v) is 9.24. The van der Waals surface area contributed by atoms with E-state index in [4.69, 9.17) is 17.3 Å². The highest BCUT2D eigenvalue weighted by Crippen LogP contribution is 2.40. The third-order valence-electron chi connectivity index (χ3n) is 5.04. The lowest BCUT2D eigenvalue weighted by Crippen LogP contribution is -2.67. The van der Waals surface area contributed by atoms with Gasteiger partial charge in [0.05, 0.1) is 18.2 Å². The summed E-state index contributed by atoms with van der Waals surface area (Å²) >= 11 is 5.84. The molecule has 0 bridgehead atoms. The maximum Gasteiger partial charge on any atom is 0.492 e. The van der Waals surface area contributed by atoms with E-state index in [-0.39, 0.29) is 22.7 Å². The zero-order valence-electron chi connectivity index (χ0n) is 16.3. The van der Waals surface area contributed by atoms with Crippen molar-refractivity contribution in [2.24, 2.45) is 5.73 Å². The number of nitrogens with zero attached hydrogens (tertiary/aromatic N) is 3. The van der Waals surface area contributed by atoms with Crippen LogP contribution < -0.4 is 5.73 Å². The summed E-state index contributed by atoms with van der Waals surface area (Å²) in [6, 6.07) is 7.30. The Morgan fingerprint density at radius 2 is 2.03 bits per heavy atom. The lowest BCUT2D eigenvalue weighted by Gasteiger charge is -2.49. The van der Waals surface area contributed by atoms with E-state index >= 15 is 0 Å². The summed E-state index contributed by atoms with van der Waals surface area (Å²) in [6.45, 7) is 1.40. The number of aromatic nitrogens is 1. The fourth-order valence-electron chi connectivity index (χ4n) is 3.28. The first kappa shape index (κ1) is 22.9. The van der Waals surface area contributed by atoms with Gasteiger partial charge >= 0.3 is 12.1 Å². The average Bonchev–Trinajstić information content (AvgIpc) is 2.70. The minimum Gasteiger partial charge on any atom is -0.356 e. The van der Waals surface area contributed by atoms with Crippen molar-refractivity contribution in [2.75, 3.05) is 7.05 Å². The van der Waals surface area contributed by atoms with Crippen LogP contribution in [0.3, 0.4) is 0 Å². The Kier molecular flexibility index (Phi) is 5.96. The van der Waals surface area contributed by atoms with Crippen LogP contribution in [-0.4, -0.2) is 46.3 Å². The third-order valence-corrected chi connectivity index (χ3v) is 5.25. The maximum atomic E-state index is 14.3. The lowest BCUT2D eigenvalue weighted by molar-refractivity contribution is -0.292. The van der Waals surface area contributed by atoms with Crippen molar-refractivity contribution in [3.63, 3.8) is 0 Å². The molecule has 1 aromatic carbocycles. The van der Waals surface area contributed by atoms with Gasteiger partial charge in [-0.3, -0.25) is 10.5 Å². The Balaban J connectivity index is 2.09. The van der Waals surface area contributed by atoms with E-state index in [1.54, 1.807) is 6.07 Å². The first-order chi connectivity index (χ1) is 14.3. The number of halogens is 5. The van der Waals surface area contributed by atoms with Gasteiger partial charge in [-0.1, -0.05) is 34.9 Å². The van der Waals surface area contributed by atoms with Gasteiger partial charge in [0, 0.05) is 12.6 Å². The Hall–Kier alpha value is -2.76. The molecule has 2 N–H and O–H groups in total. The van der Waals surface area contributed by atoms with Crippen LogP contribution in [0.1, 0.15) is 18.9 Å². The summed E-state index contributed by atoms with van der Waals surface area (Å²) in [5, 5.41) is 0.657. The van der Waals surface area contributed by atoms with E-state index in [9.17, 15) is 27.2 Å². The molecule has 166 valence electrons. The van der Waals surface area contributed by atoms with Crippen LogP contribution in [0.2, 0.25) is 5.15 Å². The number of carbonyl (C=O) groups is 2. The topological polar surface area (TPSA) is 88.8 Å². The van der Waals surface area contributed by atoms with Crippen LogP contribution in [0.15, 0.2) is 36.5 Å². The number of hydrogen-bond acceptors (Lipinski definition) is 6. The van der Waals surface area contributed by atoms with Gasteiger partial charge in [-0.15, -0.1) is 0 Å². The molecule has 1 aliphatic rings. The van der Waals surface area contributed by atoms with E-state index in [0.29, 0.717) is 10.6 Å². The number of carbonyl (C=O) groups excluding carboxylic acids is 2. The Labute approximate surface area is 179 Å². The molecule has 0 spiro atoms. The van der Waals surface area contributed by atoms with Gasteiger partial charge in [0.25, 0.3) is 0 Å². The zero-order chi connectivity index (χ0) is 23.1. The second-order valence-electron chi connectivity index (χ2n) is 7.14. The number of hydroxylamine groups is 2. The molecule has 1 aliphatic heterocycles. The van der Waals surface area contributed by atoms with Gasteiger partial charge in [0.15, 0.2) is 6.29 Å². The Morgan fingerprint density at radius 3 is 2.68 bits per heavy atom. The fraction of sp³-hybridized carbons (Fsp3) is 0.316. The molecule has 0 radical (unpaired) electrons. The number of benzene rings is 1. The molecule has 3 rings (SSSR count). The molecule has 12 heteroatoms. The molecule has 2 unspecified atom stereocenters. The largest absolute Gasteiger partial charge is 0.492 e. The van der Waals surface area contributed by atoms with E-state index in [1.807, 2.05) is 0 Å². The van der Waals surface area contributed by atoms with Crippen LogP contribution >= 0.6 is 11.6 Å². The van der Waals surface area contributed by atoms with Crippen LogP contribution in [0, 0.1) is 5.82 Å². The molecule has 2 heterocycles. The van der Waals surface area contributed by atoms with E-state index in [1.165, 1.54) is 38.2 Å². The van der Waals surface area contributed by atoms with Gasteiger partial charge in [-0.25, -0.2) is 14.2 Å². The molecule has 1 amide bonds. The quantitative estimate of drug-likeness (QED) is 0.559. The molecule has 7 nitrogen and oxygen atoms in total. The van der Waals surface area contributed by atoms with Crippen molar-refractivity contribution in [3.05, 3.63) is 53.1 Å². The van der Waals surface area contributed by atoms with Crippen molar-refractivity contribution in [2.45, 2.75) is 31.3 Å². The van der Waals surface area contributed by atoms with Crippen molar-refractivity contribution < 1.29 is 32.0 Å². The molecule has 0 aliphatic carbocycles. The van der Waals surface area contributed by atoms with Gasteiger partial charge in [0.2, 0.25) is 5.91 Å². The van der Waals surface area contributed by atoms with E-state index in [0.717, 1.165) is 11.1 Å². The number of rotatable bonds is 3. The highest BCUT2D eigenvalue weighted by atomic mass is 35.5. The Bertz CT molecular complexity index is 1040. The molecule has 2 aromatic rings. The van der Waals surface area contributed by atoms with Crippen molar-refractivity contribution in [1.82, 2.24) is 14.9 Å². The summed E-state index contributed by atoms with van der Waals surface area (Å²) in [7, 11) is 1.27. The third kappa shape index (κ3) is 4.34. The summed E-state index contributed by atoms with van der Waals surface area (Å²) in [4.78, 5) is 33.2. The summed E-state index contributed by atoms with van der Waals surface area (Å²) in [6.07, 6.45) is -6.20. The molecule has 1 saturated heterocycles. The maximum absolute atomic E-state index is 14.3. The lowest BCUT2D eigenvalue weighted by atomic mass is 9.84. The minimum atomic E-state index is -5.28. The number of pyridine rings is 1. The van der Waals surface area contributed by atoms with E-state index < -0.39 is 35.7 Å². The van der Waals surface area contributed by atoms with Gasteiger partial charge in [0.1, 0.15) is 11.0 Å². The molecule has 1 fully saturated rings. The molecular formula is C19H17ClF4N4O3. The van der Waals surface area contributed by atoms with Gasteiger partial charge in [-0.05, 0) is 30.2 Å². The molecular weight excluding hydrogens is 444 g/mol. The molecule has 31 heavy (non-hydrogen) atoms.